The number of fused-ring (bicyclic) bond motifs is 1. The van der Waals surface area contributed by atoms with E-state index < -0.39 is 0 Å². The smallest absolute Gasteiger partial charge is 0.132 e. The number of aliphatic hydroxyl groups is 1. The lowest BCUT2D eigenvalue weighted by Gasteiger charge is -2.24. The largest absolute Gasteiger partial charge is 0.395 e. The number of nitrogens with zero attached hydrogens (tertiary/aromatic N) is 2. The van der Waals surface area contributed by atoms with Gasteiger partial charge in [-0.2, -0.15) is 0 Å². The molecule has 0 fully saturated rings. The van der Waals surface area contributed by atoms with Crippen LogP contribution in [0.3, 0.4) is 0 Å². The summed E-state index contributed by atoms with van der Waals surface area (Å²) in [5.41, 5.74) is 2.17. The van der Waals surface area contributed by atoms with E-state index >= 15 is 0 Å². The van der Waals surface area contributed by atoms with Crippen LogP contribution in [0.25, 0.3) is 10.9 Å². The van der Waals surface area contributed by atoms with E-state index in [1.807, 2.05) is 18.2 Å². The van der Waals surface area contributed by atoms with Crippen LogP contribution in [0, 0.1) is 6.92 Å². The molecule has 0 unspecified atom stereocenters. The van der Waals surface area contributed by atoms with Crippen LogP contribution < -0.4 is 4.90 Å². The zero-order chi connectivity index (χ0) is 13.0. The fourth-order valence-electron chi connectivity index (χ4n) is 2.25. The number of aryl methyl sites for hydroxylation is 1. The minimum Gasteiger partial charge on any atom is -0.395 e. The number of hydrogen-bond acceptors (Lipinski definition) is 3. The molecule has 1 aromatic carbocycles. The van der Waals surface area contributed by atoms with Crippen molar-refractivity contribution in [2.24, 2.45) is 0 Å². The third-order valence-corrected chi connectivity index (χ3v) is 3.05. The molecular formula is C15H20N2O. The average molecular weight is 244 g/mol. The molecule has 1 N–H and O–H groups in total. The lowest BCUT2D eigenvalue weighted by molar-refractivity contribution is 0.301. The van der Waals surface area contributed by atoms with E-state index in [2.05, 4.69) is 30.9 Å². The maximum Gasteiger partial charge on any atom is 0.132 e. The fraction of sp³-hybridized carbons (Fsp3) is 0.400. The van der Waals surface area contributed by atoms with Gasteiger partial charge in [0, 0.05) is 18.5 Å². The van der Waals surface area contributed by atoms with Gasteiger partial charge in [0.1, 0.15) is 5.82 Å². The van der Waals surface area contributed by atoms with Crippen molar-refractivity contribution in [3.05, 3.63) is 35.9 Å². The zero-order valence-corrected chi connectivity index (χ0v) is 11.1. The lowest BCUT2D eigenvalue weighted by Crippen LogP contribution is -2.29. The third-order valence-electron chi connectivity index (χ3n) is 3.05. The van der Waals surface area contributed by atoms with Crippen LogP contribution in [0.15, 0.2) is 30.3 Å². The molecule has 3 nitrogen and oxygen atoms in total. The van der Waals surface area contributed by atoms with Gasteiger partial charge in [0.05, 0.1) is 12.1 Å². The molecule has 0 saturated heterocycles. The van der Waals surface area contributed by atoms with E-state index in [9.17, 15) is 0 Å². The average Bonchev–Trinajstić information content (AvgIpc) is 2.38. The summed E-state index contributed by atoms with van der Waals surface area (Å²) in [6.07, 6.45) is 1.05. The molecule has 0 aliphatic heterocycles. The van der Waals surface area contributed by atoms with E-state index in [1.54, 1.807) is 0 Å². The monoisotopic (exact) mass is 244 g/mol. The van der Waals surface area contributed by atoms with Gasteiger partial charge in [0.15, 0.2) is 0 Å². The molecule has 0 radical (unpaired) electrons. The highest BCUT2D eigenvalue weighted by Crippen LogP contribution is 2.22. The Morgan fingerprint density at radius 1 is 1.22 bits per heavy atom. The highest BCUT2D eigenvalue weighted by molar-refractivity contribution is 5.81. The summed E-state index contributed by atoms with van der Waals surface area (Å²) < 4.78 is 0. The van der Waals surface area contributed by atoms with Gasteiger partial charge < -0.3 is 10.0 Å². The van der Waals surface area contributed by atoms with Crippen molar-refractivity contribution < 1.29 is 5.11 Å². The summed E-state index contributed by atoms with van der Waals surface area (Å²) in [5, 5.41) is 10.3. The first-order valence-corrected chi connectivity index (χ1v) is 6.48. The molecular weight excluding hydrogens is 224 g/mol. The maximum absolute atomic E-state index is 9.16. The number of hydrogen-bond donors (Lipinski definition) is 1. The number of benzene rings is 1. The summed E-state index contributed by atoms with van der Waals surface area (Å²) >= 11 is 0. The number of aliphatic hydroxyl groups excluding tert-OH is 1. The molecule has 18 heavy (non-hydrogen) atoms. The molecule has 3 heteroatoms. The Hall–Kier alpha value is -1.61. The molecule has 1 heterocycles. The molecule has 0 atom stereocenters. The SMILES string of the molecule is CCCN(CCO)c1nc2ccccc2cc1C. The Labute approximate surface area is 108 Å². The summed E-state index contributed by atoms with van der Waals surface area (Å²) in [7, 11) is 0. The fourth-order valence-corrected chi connectivity index (χ4v) is 2.25. The topological polar surface area (TPSA) is 36.4 Å². The Balaban J connectivity index is 2.44. The standard InChI is InChI=1S/C15H20N2O/c1-3-8-17(9-10-18)15-12(2)11-13-6-4-5-7-14(13)16-15/h4-7,11,18H,3,8-10H2,1-2H3. The van der Waals surface area contributed by atoms with Crippen molar-refractivity contribution in [2.45, 2.75) is 20.3 Å². The minimum atomic E-state index is 0.161. The van der Waals surface area contributed by atoms with E-state index in [1.165, 1.54) is 5.39 Å². The van der Waals surface area contributed by atoms with Crippen molar-refractivity contribution in [3.63, 3.8) is 0 Å². The second-order valence-corrected chi connectivity index (χ2v) is 4.53. The summed E-state index contributed by atoms with van der Waals surface area (Å²) in [6.45, 7) is 5.94. The molecule has 2 rings (SSSR count). The first-order chi connectivity index (χ1) is 8.76. The van der Waals surface area contributed by atoms with Gasteiger partial charge in [-0.15, -0.1) is 0 Å². The lowest BCUT2D eigenvalue weighted by atomic mass is 10.1. The normalized spacial score (nSPS) is 10.8. The molecule has 0 amide bonds. The van der Waals surface area contributed by atoms with Crippen LogP contribution in [-0.2, 0) is 0 Å². The van der Waals surface area contributed by atoms with Crippen molar-refractivity contribution in [1.29, 1.82) is 0 Å². The number of anilines is 1. The number of para-hydroxylation sites is 1. The van der Waals surface area contributed by atoms with Crippen molar-refractivity contribution >= 4 is 16.7 Å². The number of pyridine rings is 1. The molecule has 0 saturated carbocycles. The minimum absolute atomic E-state index is 0.161. The predicted octanol–water partition coefficient (Wildman–Crippen LogP) is 2.75. The van der Waals surface area contributed by atoms with Gasteiger partial charge >= 0.3 is 0 Å². The van der Waals surface area contributed by atoms with Crippen LogP contribution in [0.1, 0.15) is 18.9 Å². The van der Waals surface area contributed by atoms with Gasteiger partial charge in [0.2, 0.25) is 0 Å². The summed E-state index contributed by atoms with van der Waals surface area (Å²) in [6, 6.07) is 10.3. The highest BCUT2D eigenvalue weighted by atomic mass is 16.3. The van der Waals surface area contributed by atoms with E-state index in [-0.39, 0.29) is 6.61 Å². The molecule has 0 aliphatic rings. The van der Waals surface area contributed by atoms with Gasteiger partial charge in [0.25, 0.3) is 0 Å². The second kappa shape index (κ2) is 5.83. The third kappa shape index (κ3) is 2.62. The molecule has 2 aromatic rings. The Morgan fingerprint density at radius 3 is 2.72 bits per heavy atom. The summed E-state index contributed by atoms with van der Waals surface area (Å²) in [5.74, 6) is 0.990. The highest BCUT2D eigenvalue weighted by Gasteiger charge is 2.10. The van der Waals surface area contributed by atoms with Gasteiger partial charge in [-0.25, -0.2) is 4.98 Å². The molecule has 96 valence electrons. The van der Waals surface area contributed by atoms with Crippen LogP contribution in [0.2, 0.25) is 0 Å². The van der Waals surface area contributed by atoms with E-state index in [4.69, 9.17) is 10.1 Å². The van der Waals surface area contributed by atoms with Crippen LogP contribution in [0.4, 0.5) is 5.82 Å². The van der Waals surface area contributed by atoms with Crippen LogP contribution >= 0.6 is 0 Å². The number of aromatic nitrogens is 1. The van der Waals surface area contributed by atoms with Crippen LogP contribution in [0.5, 0.6) is 0 Å². The first kappa shape index (κ1) is 12.8. The zero-order valence-electron chi connectivity index (χ0n) is 11.1. The summed E-state index contributed by atoms with van der Waals surface area (Å²) in [4.78, 5) is 6.88. The van der Waals surface area contributed by atoms with Crippen molar-refractivity contribution in [2.75, 3.05) is 24.6 Å². The second-order valence-electron chi connectivity index (χ2n) is 4.53. The molecule has 1 aromatic heterocycles. The number of rotatable bonds is 5. The Bertz CT molecular complexity index is 519. The predicted molar refractivity (Wildman–Crippen MR) is 76.1 cm³/mol. The van der Waals surface area contributed by atoms with Crippen molar-refractivity contribution in [1.82, 2.24) is 4.98 Å². The Kier molecular flexibility index (Phi) is 4.15. The van der Waals surface area contributed by atoms with Gasteiger partial charge in [-0.1, -0.05) is 25.1 Å². The molecule has 0 bridgehead atoms. The Morgan fingerprint density at radius 2 is 2.00 bits per heavy atom. The maximum atomic E-state index is 9.16. The van der Waals surface area contributed by atoms with Crippen molar-refractivity contribution in [3.8, 4) is 0 Å². The van der Waals surface area contributed by atoms with Crippen LogP contribution in [-0.4, -0.2) is 29.8 Å². The van der Waals surface area contributed by atoms with Gasteiger partial charge in [-0.05, 0) is 31.0 Å². The van der Waals surface area contributed by atoms with E-state index in [0.717, 1.165) is 29.9 Å². The van der Waals surface area contributed by atoms with Gasteiger partial charge in [-0.3, -0.25) is 0 Å². The molecule has 0 aliphatic carbocycles. The first-order valence-electron chi connectivity index (χ1n) is 6.48. The quantitative estimate of drug-likeness (QED) is 0.878. The molecule has 0 spiro atoms. The van der Waals surface area contributed by atoms with E-state index in [0.29, 0.717) is 6.54 Å².